The zero-order valence-electron chi connectivity index (χ0n) is 24.9. The normalized spacial score (nSPS) is 24.2. The van der Waals surface area contributed by atoms with Gasteiger partial charge in [0, 0.05) is 22.3 Å². The number of carboxylic acid groups (broad SMARTS) is 1. The van der Waals surface area contributed by atoms with E-state index in [0.717, 1.165) is 17.7 Å². The monoisotopic (exact) mass is 682 g/mol. The third-order valence-corrected chi connectivity index (χ3v) is 9.43. The van der Waals surface area contributed by atoms with Gasteiger partial charge in [-0.15, -0.1) is 0 Å². The molecule has 1 aromatic heterocycles. The second-order valence-corrected chi connectivity index (χ2v) is 12.7. The number of carbonyl (C=O) groups is 2. The molecule has 250 valence electrons. The molecule has 2 saturated heterocycles. The molecule has 1 N–H and O–H groups in total. The molecule has 3 aromatic rings. The van der Waals surface area contributed by atoms with Gasteiger partial charge in [-0.3, -0.25) is 9.69 Å². The SMILES string of the molecule is C[C@H]1[C@@H](c2cc(F)cc(C(F)(F)F)c2)OC(=O)N1Cc1nc(N2CC(F)(F)C2)ncc1-c1cc([C@H]2CC[C@H](C(=O)O)CC2)ccc1Cl. The summed E-state index contributed by atoms with van der Waals surface area (Å²) in [6.45, 7) is 0.0721. The lowest BCUT2D eigenvalue weighted by Crippen LogP contribution is -2.57. The van der Waals surface area contributed by atoms with E-state index < -0.39 is 66.7 Å². The Morgan fingerprint density at radius 2 is 1.77 bits per heavy atom. The maximum atomic E-state index is 14.2. The Morgan fingerprint density at radius 3 is 2.40 bits per heavy atom. The van der Waals surface area contributed by atoms with Crippen LogP contribution in [0, 0.1) is 11.7 Å². The fourth-order valence-corrected chi connectivity index (χ4v) is 6.72. The van der Waals surface area contributed by atoms with Crippen molar-refractivity contribution in [3.8, 4) is 11.1 Å². The molecule has 2 atom stereocenters. The Kier molecular flexibility index (Phi) is 8.52. The molecule has 0 spiro atoms. The van der Waals surface area contributed by atoms with Gasteiger partial charge in [0.15, 0.2) is 0 Å². The van der Waals surface area contributed by atoms with Gasteiger partial charge in [-0.25, -0.2) is 27.9 Å². The molecular weight excluding hydrogens is 654 g/mol. The topological polar surface area (TPSA) is 95.9 Å². The van der Waals surface area contributed by atoms with Crippen LogP contribution < -0.4 is 4.90 Å². The number of hydrogen-bond donors (Lipinski definition) is 1. The van der Waals surface area contributed by atoms with Crippen molar-refractivity contribution in [2.45, 2.75) is 69.3 Å². The van der Waals surface area contributed by atoms with E-state index in [2.05, 4.69) is 9.97 Å². The Labute approximate surface area is 270 Å². The molecule has 1 amide bonds. The summed E-state index contributed by atoms with van der Waals surface area (Å²) in [5, 5.41) is 9.70. The van der Waals surface area contributed by atoms with E-state index in [4.69, 9.17) is 16.3 Å². The first kappa shape index (κ1) is 32.9. The van der Waals surface area contributed by atoms with Gasteiger partial charge in [-0.1, -0.05) is 17.7 Å². The highest BCUT2D eigenvalue weighted by Crippen LogP contribution is 2.42. The zero-order chi connectivity index (χ0) is 33.8. The van der Waals surface area contributed by atoms with Gasteiger partial charge < -0.3 is 14.7 Å². The number of alkyl halides is 5. The summed E-state index contributed by atoms with van der Waals surface area (Å²) < 4.78 is 87.3. The third-order valence-electron chi connectivity index (χ3n) is 9.10. The highest BCUT2D eigenvalue weighted by molar-refractivity contribution is 6.33. The van der Waals surface area contributed by atoms with Crippen molar-refractivity contribution in [3.05, 3.63) is 75.8 Å². The van der Waals surface area contributed by atoms with Crippen LogP contribution in [0.4, 0.5) is 37.1 Å². The maximum Gasteiger partial charge on any atom is 0.416 e. The van der Waals surface area contributed by atoms with Crippen LogP contribution in [0.15, 0.2) is 42.6 Å². The lowest BCUT2D eigenvalue weighted by molar-refractivity contribution is -0.143. The van der Waals surface area contributed by atoms with Crippen LogP contribution in [0.3, 0.4) is 0 Å². The standard InChI is InChI=1S/C32H29ClF6N4O4/c1-16-27(20-8-21(32(37,38)39)11-22(34)9-20)47-30(46)43(16)13-26-24(12-40-29(41-26)42-14-31(35,36)15-42)23-10-19(6-7-25(23)33)17-2-4-18(5-3-17)28(44)45/h6-12,16-18,27H,2-5,13-15H2,1H3,(H,44,45)/t16-,17-,18-,27-/m0/s1. The second kappa shape index (κ2) is 12.2. The fourth-order valence-electron chi connectivity index (χ4n) is 6.50. The fraction of sp³-hybridized carbons (Fsp3) is 0.438. The number of rotatable bonds is 7. The predicted octanol–water partition coefficient (Wildman–Crippen LogP) is 7.85. The van der Waals surface area contributed by atoms with Crippen LogP contribution >= 0.6 is 11.6 Å². The Balaban J connectivity index is 1.33. The Morgan fingerprint density at radius 1 is 1.06 bits per heavy atom. The second-order valence-electron chi connectivity index (χ2n) is 12.3. The molecule has 0 bridgehead atoms. The summed E-state index contributed by atoms with van der Waals surface area (Å²) in [6, 6.07) is 6.47. The third kappa shape index (κ3) is 6.69. The number of ether oxygens (including phenoxy) is 1. The molecule has 0 unspecified atom stereocenters. The van der Waals surface area contributed by atoms with Crippen LogP contribution in [-0.2, 0) is 22.3 Å². The van der Waals surface area contributed by atoms with Crippen molar-refractivity contribution in [1.82, 2.24) is 14.9 Å². The number of anilines is 1. The van der Waals surface area contributed by atoms with Crippen LogP contribution in [-0.4, -0.2) is 57.1 Å². The minimum Gasteiger partial charge on any atom is -0.481 e. The van der Waals surface area contributed by atoms with Crippen molar-refractivity contribution < 1.29 is 45.8 Å². The molecule has 3 heterocycles. The summed E-state index contributed by atoms with van der Waals surface area (Å²) in [4.78, 5) is 35.9. The minimum atomic E-state index is -4.83. The quantitative estimate of drug-likeness (QED) is 0.254. The van der Waals surface area contributed by atoms with Crippen molar-refractivity contribution >= 4 is 29.6 Å². The number of cyclic esters (lactones) is 1. The van der Waals surface area contributed by atoms with E-state index in [1.165, 1.54) is 22.9 Å². The first-order valence-corrected chi connectivity index (χ1v) is 15.3. The molecule has 2 aliphatic heterocycles. The van der Waals surface area contributed by atoms with Crippen molar-refractivity contribution in [2.75, 3.05) is 18.0 Å². The van der Waals surface area contributed by atoms with E-state index in [-0.39, 0.29) is 29.7 Å². The van der Waals surface area contributed by atoms with Gasteiger partial charge in [-0.2, -0.15) is 13.2 Å². The average Bonchev–Trinajstić information content (AvgIpc) is 3.28. The van der Waals surface area contributed by atoms with Gasteiger partial charge in [0.25, 0.3) is 5.92 Å². The van der Waals surface area contributed by atoms with Crippen LogP contribution in [0.1, 0.15) is 67.0 Å². The summed E-state index contributed by atoms with van der Waals surface area (Å²) in [5.41, 5.74) is 0.608. The smallest absolute Gasteiger partial charge is 0.416 e. The molecule has 8 nitrogen and oxygen atoms in total. The van der Waals surface area contributed by atoms with E-state index >= 15 is 0 Å². The lowest BCUT2D eigenvalue weighted by atomic mass is 9.78. The minimum absolute atomic E-state index is 0.00865. The zero-order valence-corrected chi connectivity index (χ0v) is 25.7. The van der Waals surface area contributed by atoms with E-state index in [0.29, 0.717) is 47.9 Å². The number of carbonyl (C=O) groups excluding carboxylic acids is 1. The number of aromatic nitrogens is 2. The Bertz CT molecular complexity index is 1710. The van der Waals surface area contributed by atoms with Gasteiger partial charge in [0.2, 0.25) is 5.95 Å². The molecule has 6 rings (SSSR count). The molecule has 1 aliphatic carbocycles. The molecule has 0 radical (unpaired) electrons. The number of nitrogens with zero attached hydrogens (tertiary/aromatic N) is 4. The van der Waals surface area contributed by atoms with Crippen molar-refractivity contribution in [3.63, 3.8) is 0 Å². The number of aliphatic carboxylic acids is 1. The molecule has 3 fully saturated rings. The average molecular weight is 683 g/mol. The van der Waals surface area contributed by atoms with E-state index in [1.807, 2.05) is 12.1 Å². The molecule has 15 heteroatoms. The maximum absolute atomic E-state index is 14.2. The summed E-state index contributed by atoms with van der Waals surface area (Å²) in [6.07, 6.45) is -3.20. The summed E-state index contributed by atoms with van der Waals surface area (Å²) >= 11 is 6.65. The van der Waals surface area contributed by atoms with Crippen LogP contribution in [0.25, 0.3) is 11.1 Å². The van der Waals surface area contributed by atoms with Crippen LogP contribution in [0.2, 0.25) is 5.02 Å². The largest absolute Gasteiger partial charge is 0.481 e. The Hall–Kier alpha value is -4.07. The summed E-state index contributed by atoms with van der Waals surface area (Å²) in [5.74, 6) is -5.23. The molecule has 47 heavy (non-hydrogen) atoms. The molecule has 2 aromatic carbocycles. The molecule has 1 saturated carbocycles. The van der Waals surface area contributed by atoms with Crippen LogP contribution in [0.5, 0.6) is 0 Å². The van der Waals surface area contributed by atoms with Gasteiger partial charge in [-0.05, 0) is 80.0 Å². The highest BCUT2D eigenvalue weighted by Gasteiger charge is 2.46. The van der Waals surface area contributed by atoms with Gasteiger partial charge in [0.05, 0.1) is 42.9 Å². The number of benzene rings is 2. The number of carboxylic acids is 1. The predicted molar refractivity (Wildman–Crippen MR) is 158 cm³/mol. The number of amides is 1. The lowest BCUT2D eigenvalue weighted by Gasteiger charge is -2.38. The number of halogens is 7. The van der Waals surface area contributed by atoms with E-state index in [9.17, 15) is 41.0 Å². The van der Waals surface area contributed by atoms with Gasteiger partial charge in [0.1, 0.15) is 11.9 Å². The first-order valence-electron chi connectivity index (χ1n) is 15.0. The number of hydrogen-bond acceptors (Lipinski definition) is 6. The molecule has 3 aliphatic rings. The summed E-state index contributed by atoms with van der Waals surface area (Å²) in [7, 11) is 0. The van der Waals surface area contributed by atoms with Gasteiger partial charge >= 0.3 is 18.2 Å². The first-order chi connectivity index (χ1) is 22.1. The van der Waals surface area contributed by atoms with Crippen molar-refractivity contribution in [1.29, 1.82) is 0 Å². The van der Waals surface area contributed by atoms with Crippen molar-refractivity contribution in [2.24, 2.45) is 5.92 Å². The molecular formula is C32H29ClF6N4O4. The van der Waals surface area contributed by atoms with E-state index in [1.54, 1.807) is 6.07 Å². The highest BCUT2D eigenvalue weighted by atomic mass is 35.5.